The number of ether oxygens (including phenoxy) is 1. The van der Waals surface area contributed by atoms with Crippen LogP contribution in [0.2, 0.25) is 0 Å². The summed E-state index contributed by atoms with van der Waals surface area (Å²) in [6, 6.07) is 6.84. The second-order valence-electron chi connectivity index (χ2n) is 6.57. The Labute approximate surface area is 157 Å². The average Bonchev–Trinajstić information content (AvgIpc) is 2.67. The van der Waals surface area contributed by atoms with Gasteiger partial charge >= 0.3 is 0 Å². The first-order chi connectivity index (χ1) is 12.5. The van der Waals surface area contributed by atoms with E-state index in [1.54, 1.807) is 24.3 Å². The number of amides is 1. The molecule has 0 unspecified atom stereocenters. The van der Waals surface area contributed by atoms with Gasteiger partial charge in [-0.05, 0) is 30.5 Å². The second-order valence-corrected chi connectivity index (χ2v) is 8.51. The fourth-order valence-corrected chi connectivity index (χ4v) is 4.30. The lowest BCUT2D eigenvalue weighted by Crippen LogP contribution is -2.40. The molecule has 0 aliphatic carbocycles. The standard InChI is InChI=1S/C19H30N2O4S/c1-2-3-4-5-12-20-19(22)11-8-17-6-9-18(10-7-17)26(23,24)21-13-15-25-16-14-21/h6-7,9-10H,2-5,8,11-16H2,1H3,(H,20,22). The van der Waals surface area contributed by atoms with Crippen LogP contribution in [0, 0.1) is 0 Å². The second kappa shape index (κ2) is 10.6. The molecule has 0 spiro atoms. The Hall–Kier alpha value is -1.44. The van der Waals surface area contributed by atoms with E-state index in [4.69, 9.17) is 4.74 Å². The van der Waals surface area contributed by atoms with Crippen molar-refractivity contribution in [3.05, 3.63) is 29.8 Å². The zero-order valence-corrected chi connectivity index (χ0v) is 16.4. The first-order valence-electron chi connectivity index (χ1n) is 9.47. The molecule has 1 N–H and O–H groups in total. The Kier molecular flexibility index (Phi) is 8.54. The van der Waals surface area contributed by atoms with Crippen molar-refractivity contribution < 1.29 is 17.9 Å². The molecule has 146 valence electrons. The molecule has 1 saturated heterocycles. The molecule has 0 aromatic heterocycles. The Morgan fingerprint density at radius 3 is 2.46 bits per heavy atom. The van der Waals surface area contributed by atoms with Crippen LogP contribution >= 0.6 is 0 Å². The highest BCUT2D eigenvalue weighted by Crippen LogP contribution is 2.18. The van der Waals surface area contributed by atoms with Gasteiger partial charge in [0.15, 0.2) is 0 Å². The quantitative estimate of drug-likeness (QED) is 0.630. The highest BCUT2D eigenvalue weighted by Gasteiger charge is 2.26. The topological polar surface area (TPSA) is 75.7 Å². The first kappa shape index (κ1) is 20.9. The molecule has 0 saturated carbocycles. The molecular formula is C19H30N2O4S. The summed E-state index contributed by atoms with van der Waals surface area (Å²) in [4.78, 5) is 12.2. The molecule has 0 radical (unpaired) electrons. The Morgan fingerprint density at radius 2 is 1.81 bits per heavy atom. The fourth-order valence-electron chi connectivity index (χ4n) is 2.89. The molecule has 6 nitrogen and oxygen atoms in total. The molecule has 1 fully saturated rings. The fraction of sp³-hybridized carbons (Fsp3) is 0.632. The lowest BCUT2D eigenvalue weighted by atomic mass is 10.1. The number of carbonyl (C=O) groups excluding carboxylic acids is 1. The van der Waals surface area contributed by atoms with Crippen LogP contribution in [0.25, 0.3) is 0 Å². The highest BCUT2D eigenvalue weighted by molar-refractivity contribution is 7.89. The summed E-state index contributed by atoms with van der Waals surface area (Å²) in [5, 5.41) is 2.94. The number of unbranched alkanes of at least 4 members (excludes halogenated alkanes) is 3. The van der Waals surface area contributed by atoms with Gasteiger partial charge in [0.1, 0.15) is 0 Å². The summed E-state index contributed by atoms with van der Waals surface area (Å²) in [5.41, 5.74) is 0.965. The van der Waals surface area contributed by atoms with E-state index in [1.807, 2.05) is 0 Å². The third-order valence-electron chi connectivity index (χ3n) is 4.52. The number of nitrogens with one attached hydrogen (secondary N) is 1. The van der Waals surface area contributed by atoms with Gasteiger partial charge in [-0.3, -0.25) is 4.79 Å². The number of carbonyl (C=O) groups is 1. The summed E-state index contributed by atoms with van der Waals surface area (Å²) in [6.07, 6.45) is 5.59. The minimum Gasteiger partial charge on any atom is -0.379 e. The molecule has 1 amide bonds. The van der Waals surface area contributed by atoms with Gasteiger partial charge in [0.05, 0.1) is 18.1 Å². The molecule has 1 aromatic carbocycles. The van der Waals surface area contributed by atoms with Gasteiger partial charge < -0.3 is 10.1 Å². The van der Waals surface area contributed by atoms with Gasteiger partial charge in [-0.25, -0.2) is 8.42 Å². The van der Waals surface area contributed by atoms with Gasteiger partial charge in [-0.2, -0.15) is 4.31 Å². The number of sulfonamides is 1. The average molecular weight is 383 g/mol. The van der Waals surface area contributed by atoms with E-state index < -0.39 is 10.0 Å². The van der Waals surface area contributed by atoms with Crippen LogP contribution in [0.3, 0.4) is 0 Å². The van der Waals surface area contributed by atoms with Gasteiger partial charge in [-0.15, -0.1) is 0 Å². The van der Waals surface area contributed by atoms with Crippen LogP contribution in [-0.4, -0.2) is 51.5 Å². The van der Waals surface area contributed by atoms with Gasteiger partial charge in [-0.1, -0.05) is 38.3 Å². The Bertz CT molecular complexity index is 653. The predicted octanol–water partition coefficient (Wildman–Crippen LogP) is 2.34. The highest BCUT2D eigenvalue weighted by atomic mass is 32.2. The van der Waals surface area contributed by atoms with Crippen LogP contribution < -0.4 is 5.32 Å². The maximum Gasteiger partial charge on any atom is 0.243 e. The first-order valence-corrected chi connectivity index (χ1v) is 10.9. The Morgan fingerprint density at radius 1 is 1.12 bits per heavy atom. The van der Waals surface area contributed by atoms with Crippen molar-refractivity contribution in [1.82, 2.24) is 9.62 Å². The number of rotatable bonds is 10. The maximum absolute atomic E-state index is 12.6. The zero-order chi connectivity index (χ0) is 18.8. The van der Waals surface area contributed by atoms with Gasteiger partial charge in [0, 0.05) is 26.1 Å². The lowest BCUT2D eigenvalue weighted by molar-refractivity contribution is -0.121. The van der Waals surface area contributed by atoms with Crippen molar-refractivity contribution in [2.75, 3.05) is 32.8 Å². The van der Waals surface area contributed by atoms with Crippen LogP contribution in [0.5, 0.6) is 0 Å². The Balaban J connectivity index is 1.79. The smallest absolute Gasteiger partial charge is 0.243 e. The SMILES string of the molecule is CCCCCCNC(=O)CCc1ccc(S(=O)(=O)N2CCOCC2)cc1. The summed E-state index contributed by atoms with van der Waals surface area (Å²) in [7, 11) is -3.46. The predicted molar refractivity (Wildman–Crippen MR) is 101 cm³/mol. The van der Waals surface area contributed by atoms with Crippen LogP contribution in [0.4, 0.5) is 0 Å². The van der Waals surface area contributed by atoms with E-state index in [1.165, 1.54) is 17.1 Å². The van der Waals surface area contributed by atoms with E-state index >= 15 is 0 Å². The summed E-state index contributed by atoms with van der Waals surface area (Å²) in [6.45, 7) is 4.55. The minimum absolute atomic E-state index is 0.0477. The van der Waals surface area contributed by atoms with E-state index in [0.717, 1.165) is 24.9 Å². The van der Waals surface area contributed by atoms with E-state index in [0.29, 0.717) is 44.0 Å². The number of morpholine rings is 1. The van der Waals surface area contributed by atoms with Gasteiger partial charge in [0.25, 0.3) is 0 Å². The van der Waals surface area contributed by atoms with E-state index in [9.17, 15) is 13.2 Å². The molecule has 0 atom stereocenters. The number of aryl methyl sites for hydroxylation is 1. The third-order valence-corrected chi connectivity index (χ3v) is 6.44. The van der Waals surface area contributed by atoms with Crippen molar-refractivity contribution in [2.24, 2.45) is 0 Å². The van der Waals surface area contributed by atoms with Crippen molar-refractivity contribution in [3.8, 4) is 0 Å². The molecule has 1 aliphatic rings. The normalized spacial score (nSPS) is 15.7. The van der Waals surface area contributed by atoms with E-state index in [-0.39, 0.29) is 5.91 Å². The van der Waals surface area contributed by atoms with E-state index in [2.05, 4.69) is 12.2 Å². The number of benzene rings is 1. The summed E-state index contributed by atoms with van der Waals surface area (Å²) < 4.78 is 31.8. The number of hydrogen-bond donors (Lipinski definition) is 1. The molecule has 1 aromatic rings. The third kappa shape index (κ3) is 6.37. The molecule has 2 rings (SSSR count). The lowest BCUT2D eigenvalue weighted by Gasteiger charge is -2.26. The van der Waals surface area contributed by atoms with Crippen LogP contribution in [-0.2, 0) is 26.0 Å². The zero-order valence-electron chi connectivity index (χ0n) is 15.6. The molecule has 1 heterocycles. The molecule has 0 bridgehead atoms. The van der Waals surface area contributed by atoms with Crippen molar-refractivity contribution in [3.63, 3.8) is 0 Å². The van der Waals surface area contributed by atoms with Crippen molar-refractivity contribution in [1.29, 1.82) is 0 Å². The van der Waals surface area contributed by atoms with Crippen LogP contribution in [0.1, 0.15) is 44.6 Å². The number of nitrogens with zero attached hydrogens (tertiary/aromatic N) is 1. The summed E-state index contributed by atoms with van der Waals surface area (Å²) >= 11 is 0. The summed E-state index contributed by atoms with van der Waals surface area (Å²) in [5.74, 6) is 0.0477. The molecule has 1 aliphatic heterocycles. The maximum atomic E-state index is 12.6. The molecular weight excluding hydrogens is 352 g/mol. The molecule has 26 heavy (non-hydrogen) atoms. The molecule has 7 heteroatoms. The van der Waals surface area contributed by atoms with Crippen molar-refractivity contribution >= 4 is 15.9 Å². The van der Waals surface area contributed by atoms with Crippen molar-refractivity contribution in [2.45, 2.75) is 50.3 Å². The van der Waals surface area contributed by atoms with Gasteiger partial charge in [0.2, 0.25) is 15.9 Å². The monoisotopic (exact) mass is 382 g/mol. The van der Waals surface area contributed by atoms with Crippen LogP contribution in [0.15, 0.2) is 29.2 Å². The number of hydrogen-bond acceptors (Lipinski definition) is 4. The largest absolute Gasteiger partial charge is 0.379 e. The minimum atomic E-state index is -3.46.